The van der Waals surface area contributed by atoms with Crippen molar-refractivity contribution in [3.63, 3.8) is 0 Å². The van der Waals surface area contributed by atoms with Crippen LogP contribution in [0.25, 0.3) is 22.5 Å². The van der Waals surface area contributed by atoms with Crippen LogP contribution in [0.2, 0.25) is 0 Å². The van der Waals surface area contributed by atoms with E-state index in [2.05, 4.69) is 0 Å². The van der Waals surface area contributed by atoms with Crippen molar-refractivity contribution in [1.82, 2.24) is 0 Å². The van der Waals surface area contributed by atoms with Gasteiger partial charge in [-0.25, -0.2) is 23.4 Å². The minimum atomic E-state index is -4.94. The van der Waals surface area contributed by atoms with Crippen LogP contribution in [0, 0.1) is 10.2 Å². The van der Waals surface area contributed by atoms with Gasteiger partial charge >= 0.3 is 17.5 Å². The van der Waals surface area contributed by atoms with Gasteiger partial charge in [-0.15, -0.1) is 10.2 Å². The monoisotopic (exact) mass is 376 g/mol. The largest absolute Gasteiger partial charge is 0.471 e. The van der Waals surface area contributed by atoms with E-state index >= 15 is 0 Å². The van der Waals surface area contributed by atoms with E-state index in [1.807, 2.05) is 66.7 Å². The highest BCUT2D eigenvalue weighted by Gasteiger charge is 2.24. The number of carboxylic acids is 1. The van der Waals surface area contributed by atoms with E-state index in [1.165, 1.54) is 0 Å². The molecule has 134 valence electrons. The molecule has 0 unspecified atom stereocenters. The van der Waals surface area contributed by atoms with Crippen molar-refractivity contribution in [2.75, 3.05) is 0 Å². The first-order valence-electron chi connectivity index (χ1n) is 7.18. The highest BCUT2D eigenvalue weighted by atomic mass is 35.7. The molecule has 0 aliphatic carbocycles. The molecule has 1 N–H and O–H groups in total. The molecule has 0 bridgehead atoms. The Balaban J connectivity index is 0.000000431. The van der Waals surface area contributed by atoms with Crippen LogP contribution in [0.1, 0.15) is 10.6 Å². The van der Waals surface area contributed by atoms with Crippen molar-refractivity contribution < 1.29 is 43.2 Å². The van der Waals surface area contributed by atoms with Crippen LogP contribution in [-0.4, -0.2) is 11.1 Å². The van der Waals surface area contributed by atoms with Crippen molar-refractivity contribution in [2.24, 2.45) is 0 Å². The first-order valence-corrected chi connectivity index (χ1v) is 8.41. The number of hydrogen-bond acceptors (Lipinski definition) is 5. The van der Waals surface area contributed by atoms with Crippen molar-refractivity contribution in [2.45, 2.75) is 0 Å². The Morgan fingerprint density at radius 3 is 1.69 bits per heavy atom. The van der Waals surface area contributed by atoms with Gasteiger partial charge in [0.15, 0.2) is 0 Å². The zero-order chi connectivity index (χ0) is 19.2. The quantitative estimate of drug-likeness (QED) is 0.626. The molecule has 0 atom stereocenters. The van der Waals surface area contributed by atoms with Crippen molar-refractivity contribution >= 4 is 5.97 Å². The average molecular weight is 377 g/mol. The molecule has 0 radical (unpaired) electrons. The molecule has 7 nitrogen and oxygen atoms in total. The SMILES string of the molecule is O=C(O)c1cc(-c2ccccc2)cc(-c2ccccc2)[o+]1.[O-][Cl+3]([O-])([O-])[O-]. The summed E-state index contributed by atoms with van der Waals surface area (Å²) < 4.78 is 39.5. The van der Waals surface area contributed by atoms with Crippen LogP contribution in [0.5, 0.6) is 0 Å². The van der Waals surface area contributed by atoms with Crippen molar-refractivity contribution in [3.8, 4) is 22.5 Å². The summed E-state index contributed by atoms with van der Waals surface area (Å²) in [7, 11) is -4.94. The van der Waals surface area contributed by atoms with Crippen molar-refractivity contribution in [1.29, 1.82) is 0 Å². The summed E-state index contributed by atoms with van der Waals surface area (Å²) in [5.74, 6) is -0.616. The van der Waals surface area contributed by atoms with Gasteiger partial charge in [-0.3, -0.25) is 0 Å². The molecule has 26 heavy (non-hydrogen) atoms. The summed E-state index contributed by atoms with van der Waals surface area (Å²) >= 11 is 0. The molecular weight excluding hydrogens is 364 g/mol. The Labute approximate surface area is 150 Å². The van der Waals surface area contributed by atoms with Crippen LogP contribution in [0.3, 0.4) is 0 Å². The standard InChI is InChI=1S/C18H12O3.ClHO4/c19-18(20)17-12-15(13-7-3-1-4-8-13)11-16(21-17)14-9-5-2-6-10-14;2-1(3,4)5/h1-12H;(H,2,3,4,5). The maximum absolute atomic E-state index is 11.3. The Morgan fingerprint density at radius 2 is 1.23 bits per heavy atom. The first kappa shape index (κ1) is 19.5. The van der Waals surface area contributed by atoms with Gasteiger partial charge in [-0.1, -0.05) is 48.5 Å². The van der Waals surface area contributed by atoms with Crippen molar-refractivity contribution in [3.05, 3.63) is 78.6 Å². The number of hydrogen-bond donors (Lipinski definition) is 1. The Bertz CT molecular complexity index is 798. The average Bonchev–Trinajstić information content (AvgIpc) is 2.61. The second-order valence-electron chi connectivity index (χ2n) is 4.99. The summed E-state index contributed by atoms with van der Waals surface area (Å²) in [6, 6.07) is 22.5. The fourth-order valence-corrected chi connectivity index (χ4v) is 2.15. The lowest BCUT2D eigenvalue weighted by Gasteiger charge is -2.17. The first-order chi connectivity index (χ1) is 12.2. The Morgan fingerprint density at radius 1 is 0.769 bits per heavy atom. The van der Waals surface area contributed by atoms with E-state index in [0.717, 1.165) is 16.7 Å². The number of carboxylic acid groups (broad SMARTS) is 1. The smallest absolute Gasteiger partial charge is 0.437 e. The zero-order valence-electron chi connectivity index (χ0n) is 13.2. The lowest BCUT2D eigenvalue weighted by Crippen LogP contribution is -2.68. The second kappa shape index (κ2) is 8.52. The van der Waals surface area contributed by atoms with Gasteiger partial charge in [0.25, 0.3) is 0 Å². The molecular formula is C18H13ClO7. The number of benzene rings is 2. The lowest BCUT2D eigenvalue weighted by molar-refractivity contribution is -2.00. The Hall–Kier alpha value is -2.81. The molecule has 1 aromatic heterocycles. The summed E-state index contributed by atoms with van der Waals surface area (Å²) in [6.07, 6.45) is 0. The van der Waals surface area contributed by atoms with Crippen LogP contribution in [0.15, 0.2) is 77.2 Å². The van der Waals surface area contributed by atoms with E-state index in [4.69, 9.17) is 23.1 Å². The number of aromatic carboxylic acids is 1. The van der Waals surface area contributed by atoms with Gasteiger partial charge in [0.1, 0.15) is 0 Å². The molecule has 0 aliphatic heterocycles. The van der Waals surface area contributed by atoms with E-state index in [-0.39, 0.29) is 5.76 Å². The highest BCUT2D eigenvalue weighted by molar-refractivity contribution is 5.87. The third-order valence-electron chi connectivity index (χ3n) is 3.17. The fourth-order valence-electron chi connectivity index (χ4n) is 2.15. The van der Waals surface area contributed by atoms with E-state index < -0.39 is 16.2 Å². The van der Waals surface area contributed by atoms with Gasteiger partial charge in [-0.05, 0) is 17.7 Å². The third-order valence-corrected chi connectivity index (χ3v) is 3.17. The van der Waals surface area contributed by atoms with Gasteiger partial charge in [0.2, 0.25) is 0 Å². The normalized spacial score (nSPS) is 10.6. The zero-order valence-corrected chi connectivity index (χ0v) is 14.0. The highest BCUT2D eigenvalue weighted by Crippen LogP contribution is 2.28. The minimum Gasteiger partial charge on any atom is -0.471 e. The minimum absolute atomic E-state index is 0.0739. The molecule has 0 amide bonds. The molecule has 8 heteroatoms. The van der Waals surface area contributed by atoms with Crippen LogP contribution < -0.4 is 18.6 Å². The summed E-state index contributed by atoms with van der Waals surface area (Å²) in [5.41, 5.74) is 2.61. The predicted molar refractivity (Wildman–Crippen MR) is 80.9 cm³/mol. The molecule has 0 aliphatic rings. The maximum atomic E-state index is 11.3. The molecule has 3 rings (SSSR count). The number of halogens is 1. The van der Waals surface area contributed by atoms with E-state index in [9.17, 15) is 9.90 Å². The van der Waals surface area contributed by atoms with Crippen LogP contribution in [-0.2, 0) is 0 Å². The molecule has 2 aromatic carbocycles. The molecule has 3 aromatic rings. The van der Waals surface area contributed by atoms with Gasteiger partial charge in [0, 0.05) is 5.56 Å². The lowest BCUT2D eigenvalue weighted by atomic mass is 10.0. The second-order valence-corrected chi connectivity index (χ2v) is 5.75. The molecule has 0 spiro atoms. The summed E-state index contributed by atoms with van der Waals surface area (Å²) in [6.45, 7) is 0. The topological polar surface area (TPSA) is 141 Å². The Kier molecular flexibility index (Phi) is 6.40. The predicted octanol–water partition coefficient (Wildman–Crippen LogP) is -0.163. The number of carbonyl (C=O) groups is 1. The summed E-state index contributed by atoms with van der Waals surface area (Å²) in [5, 5.41) is 9.23. The third kappa shape index (κ3) is 6.25. The molecule has 1 heterocycles. The molecule has 0 saturated carbocycles. The van der Waals surface area contributed by atoms with E-state index in [0.29, 0.717) is 5.76 Å². The molecule has 0 fully saturated rings. The van der Waals surface area contributed by atoms with Gasteiger partial charge < -0.3 is 5.11 Å². The maximum Gasteiger partial charge on any atom is 0.437 e. The fraction of sp³-hybridized carbons (Fsp3) is 0. The van der Waals surface area contributed by atoms with E-state index in [1.54, 1.807) is 6.07 Å². The number of rotatable bonds is 3. The summed E-state index contributed by atoms with van der Waals surface area (Å²) in [4.78, 5) is 11.3. The molecule has 0 saturated heterocycles. The van der Waals surface area contributed by atoms with Gasteiger partial charge in [-0.2, -0.15) is 4.42 Å². The van der Waals surface area contributed by atoms with Crippen LogP contribution >= 0.6 is 0 Å². The van der Waals surface area contributed by atoms with Crippen LogP contribution in [0.4, 0.5) is 0 Å². The van der Waals surface area contributed by atoms with Gasteiger partial charge in [0.05, 0.1) is 17.7 Å².